The van der Waals surface area contributed by atoms with Gasteiger partial charge in [-0.1, -0.05) is 30.7 Å². The maximum Gasteiger partial charge on any atom is 0.238 e. The molecule has 0 amide bonds. The Bertz CT molecular complexity index is 1060. The van der Waals surface area contributed by atoms with E-state index in [0.29, 0.717) is 28.4 Å². The van der Waals surface area contributed by atoms with Gasteiger partial charge >= 0.3 is 0 Å². The van der Waals surface area contributed by atoms with E-state index in [0.717, 1.165) is 5.69 Å². The third kappa shape index (κ3) is 3.70. The van der Waals surface area contributed by atoms with Gasteiger partial charge in [0.2, 0.25) is 10.0 Å². The lowest BCUT2D eigenvalue weighted by atomic mass is 10.1. The number of carbonyl (C=O) groups excluding carboxylic acids is 1. The number of nitrogens with two attached hydrogens (primary N) is 1. The molecule has 0 bridgehead atoms. The Morgan fingerprint density at radius 2 is 1.73 bits per heavy atom. The molecule has 1 heterocycles. The molecular formula is C18H16ClN3O3S. The first-order valence-corrected chi connectivity index (χ1v) is 9.74. The Balaban J connectivity index is 2.14. The number of sulfonamides is 1. The molecule has 26 heavy (non-hydrogen) atoms. The predicted molar refractivity (Wildman–Crippen MR) is 100 cm³/mol. The topological polar surface area (TPSA) is 95.0 Å². The molecule has 0 saturated carbocycles. The number of hydrogen-bond acceptors (Lipinski definition) is 4. The molecule has 3 rings (SSSR count). The van der Waals surface area contributed by atoms with E-state index in [2.05, 4.69) is 5.10 Å². The standard InChI is InChI=1S/C18H16ClN3O3S/c1-2-18(23)16-11-17(12-3-9-15(10-4-12)26(20,24)25)22(21-16)14-7-5-13(19)6-8-14/h3-11H,2H2,1H3,(H2,20,24,25). The van der Waals surface area contributed by atoms with Crippen LogP contribution in [0.4, 0.5) is 0 Å². The molecule has 0 atom stereocenters. The van der Waals surface area contributed by atoms with Crippen molar-refractivity contribution in [2.75, 3.05) is 0 Å². The van der Waals surface area contributed by atoms with Crippen LogP contribution >= 0.6 is 11.6 Å². The Kier molecular flexibility index (Phi) is 4.95. The summed E-state index contributed by atoms with van der Waals surface area (Å²) in [6, 6.07) is 14.8. The molecule has 0 unspecified atom stereocenters. The summed E-state index contributed by atoms with van der Waals surface area (Å²) in [4.78, 5) is 12.1. The highest BCUT2D eigenvalue weighted by molar-refractivity contribution is 7.89. The van der Waals surface area contributed by atoms with Crippen LogP contribution in [0.2, 0.25) is 5.02 Å². The second-order valence-electron chi connectivity index (χ2n) is 5.65. The average Bonchev–Trinajstić information content (AvgIpc) is 3.06. The molecular weight excluding hydrogens is 374 g/mol. The van der Waals surface area contributed by atoms with Crippen LogP contribution in [-0.2, 0) is 10.0 Å². The van der Waals surface area contributed by atoms with Gasteiger partial charge in [-0.25, -0.2) is 18.2 Å². The Hall–Kier alpha value is -2.48. The minimum atomic E-state index is -3.77. The van der Waals surface area contributed by atoms with Crippen LogP contribution in [0, 0.1) is 0 Å². The Morgan fingerprint density at radius 1 is 1.12 bits per heavy atom. The van der Waals surface area contributed by atoms with Gasteiger partial charge in [0, 0.05) is 17.0 Å². The summed E-state index contributed by atoms with van der Waals surface area (Å²) in [5.41, 5.74) is 2.43. The fraction of sp³-hybridized carbons (Fsp3) is 0.111. The number of primary sulfonamides is 1. The SMILES string of the molecule is CCC(=O)c1cc(-c2ccc(S(N)(=O)=O)cc2)n(-c2ccc(Cl)cc2)n1. The molecule has 134 valence electrons. The van der Waals surface area contributed by atoms with E-state index in [1.165, 1.54) is 12.1 Å². The minimum Gasteiger partial charge on any atom is -0.292 e. The number of carbonyl (C=O) groups is 1. The molecule has 0 spiro atoms. The number of nitrogens with zero attached hydrogens (tertiary/aromatic N) is 2. The number of rotatable bonds is 5. The van der Waals surface area contributed by atoms with Gasteiger partial charge < -0.3 is 0 Å². The molecule has 2 N–H and O–H groups in total. The van der Waals surface area contributed by atoms with Crippen molar-refractivity contribution in [3.63, 3.8) is 0 Å². The quantitative estimate of drug-likeness (QED) is 0.676. The van der Waals surface area contributed by atoms with Gasteiger partial charge in [0.1, 0.15) is 5.69 Å². The zero-order valence-electron chi connectivity index (χ0n) is 13.9. The number of Topliss-reactive ketones (excluding diaryl/α,β-unsaturated/α-hetero) is 1. The number of aromatic nitrogens is 2. The van der Waals surface area contributed by atoms with E-state index in [1.807, 2.05) is 0 Å². The van der Waals surface area contributed by atoms with E-state index < -0.39 is 10.0 Å². The van der Waals surface area contributed by atoms with E-state index in [1.54, 1.807) is 54.1 Å². The van der Waals surface area contributed by atoms with Crippen molar-refractivity contribution in [3.05, 3.63) is 65.3 Å². The van der Waals surface area contributed by atoms with Crippen molar-refractivity contribution in [3.8, 4) is 16.9 Å². The minimum absolute atomic E-state index is 0.0173. The lowest BCUT2D eigenvalue weighted by molar-refractivity contribution is 0.0983. The fourth-order valence-corrected chi connectivity index (χ4v) is 3.14. The van der Waals surface area contributed by atoms with E-state index >= 15 is 0 Å². The van der Waals surface area contributed by atoms with Gasteiger partial charge in [-0.3, -0.25) is 4.79 Å². The summed E-state index contributed by atoms with van der Waals surface area (Å²) < 4.78 is 24.5. The molecule has 0 saturated heterocycles. The van der Waals surface area contributed by atoms with Crippen molar-refractivity contribution in [1.29, 1.82) is 0 Å². The largest absolute Gasteiger partial charge is 0.292 e. The number of benzene rings is 2. The van der Waals surface area contributed by atoms with Crippen LogP contribution in [-0.4, -0.2) is 24.0 Å². The number of hydrogen-bond donors (Lipinski definition) is 1. The monoisotopic (exact) mass is 389 g/mol. The smallest absolute Gasteiger partial charge is 0.238 e. The molecule has 6 nitrogen and oxygen atoms in total. The van der Waals surface area contributed by atoms with Crippen molar-refractivity contribution in [2.45, 2.75) is 18.2 Å². The summed E-state index contributed by atoms with van der Waals surface area (Å²) in [5.74, 6) is -0.0832. The summed E-state index contributed by atoms with van der Waals surface area (Å²) in [7, 11) is -3.77. The molecule has 0 aliphatic carbocycles. The summed E-state index contributed by atoms with van der Waals surface area (Å²) in [6.45, 7) is 1.77. The normalized spacial score (nSPS) is 11.5. The van der Waals surface area contributed by atoms with Crippen LogP contribution in [0.15, 0.2) is 59.5 Å². The van der Waals surface area contributed by atoms with Gasteiger partial charge in [0.05, 0.1) is 16.3 Å². The van der Waals surface area contributed by atoms with Crippen LogP contribution in [0.25, 0.3) is 16.9 Å². The second kappa shape index (κ2) is 7.03. The summed E-state index contributed by atoms with van der Waals surface area (Å²) in [5, 5.41) is 10.1. The predicted octanol–water partition coefficient (Wildman–Crippen LogP) is 3.43. The molecule has 0 aliphatic heterocycles. The summed E-state index contributed by atoms with van der Waals surface area (Å²) >= 11 is 5.94. The molecule has 8 heteroatoms. The number of halogens is 1. The zero-order chi connectivity index (χ0) is 18.9. The first-order chi connectivity index (χ1) is 12.3. The Morgan fingerprint density at radius 3 is 2.27 bits per heavy atom. The van der Waals surface area contributed by atoms with E-state index in [-0.39, 0.29) is 10.7 Å². The first-order valence-electron chi connectivity index (χ1n) is 7.82. The molecule has 0 fully saturated rings. The van der Waals surface area contributed by atoms with Crippen LogP contribution in [0.3, 0.4) is 0 Å². The van der Waals surface area contributed by atoms with Crippen LogP contribution in [0.1, 0.15) is 23.8 Å². The molecule has 3 aromatic rings. The molecule has 2 aromatic carbocycles. The van der Waals surface area contributed by atoms with E-state index in [4.69, 9.17) is 16.7 Å². The van der Waals surface area contributed by atoms with Gasteiger partial charge in [-0.05, 0) is 42.5 Å². The average molecular weight is 390 g/mol. The molecule has 1 aromatic heterocycles. The van der Waals surface area contributed by atoms with Crippen LogP contribution < -0.4 is 5.14 Å². The van der Waals surface area contributed by atoms with Gasteiger partial charge in [-0.2, -0.15) is 5.10 Å². The highest BCUT2D eigenvalue weighted by Crippen LogP contribution is 2.26. The third-order valence-electron chi connectivity index (χ3n) is 3.87. The van der Waals surface area contributed by atoms with Crippen molar-refractivity contribution >= 4 is 27.4 Å². The highest BCUT2D eigenvalue weighted by atomic mass is 35.5. The Labute approximate surface area is 156 Å². The first kappa shape index (κ1) is 18.3. The van der Waals surface area contributed by atoms with Crippen molar-refractivity contribution in [1.82, 2.24) is 9.78 Å². The highest BCUT2D eigenvalue weighted by Gasteiger charge is 2.16. The lowest BCUT2D eigenvalue weighted by Gasteiger charge is -2.08. The molecule has 0 radical (unpaired) electrons. The third-order valence-corrected chi connectivity index (χ3v) is 5.05. The maximum atomic E-state index is 12.1. The van der Waals surface area contributed by atoms with Crippen molar-refractivity contribution in [2.24, 2.45) is 5.14 Å². The molecule has 0 aliphatic rings. The van der Waals surface area contributed by atoms with Gasteiger partial charge in [0.15, 0.2) is 5.78 Å². The zero-order valence-corrected chi connectivity index (χ0v) is 15.5. The van der Waals surface area contributed by atoms with Gasteiger partial charge in [-0.15, -0.1) is 0 Å². The van der Waals surface area contributed by atoms with E-state index in [9.17, 15) is 13.2 Å². The lowest BCUT2D eigenvalue weighted by Crippen LogP contribution is -2.11. The van der Waals surface area contributed by atoms with Gasteiger partial charge in [0.25, 0.3) is 0 Å². The fourth-order valence-electron chi connectivity index (χ4n) is 2.50. The van der Waals surface area contributed by atoms with Crippen molar-refractivity contribution < 1.29 is 13.2 Å². The second-order valence-corrected chi connectivity index (χ2v) is 7.65. The summed E-state index contributed by atoms with van der Waals surface area (Å²) in [6.07, 6.45) is 0.335. The van der Waals surface area contributed by atoms with Crippen LogP contribution in [0.5, 0.6) is 0 Å². The maximum absolute atomic E-state index is 12.1. The number of ketones is 1.